The van der Waals surface area contributed by atoms with E-state index in [1.165, 1.54) is 0 Å². The average Bonchev–Trinajstić information content (AvgIpc) is 3.31. The van der Waals surface area contributed by atoms with Crippen LogP contribution in [0.2, 0.25) is 0 Å². The maximum atomic E-state index is 13.2. The molecule has 0 saturated carbocycles. The van der Waals surface area contributed by atoms with Crippen molar-refractivity contribution < 1.29 is 27.6 Å². The smallest absolute Gasteiger partial charge is 0.258 e. The summed E-state index contributed by atoms with van der Waals surface area (Å²) in [5.74, 6) is 0.149. The number of nitrogens with zero attached hydrogens (tertiary/aromatic N) is 2. The molecule has 0 aliphatic rings. The molecule has 4 rings (SSSR count). The van der Waals surface area contributed by atoms with Crippen LogP contribution in [0.5, 0.6) is 11.5 Å². The monoisotopic (exact) mass is 451 g/mol. The van der Waals surface area contributed by atoms with Crippen molar-refractivity contribution >= 4 is 5.91 Å². The second-order valence-electron chi connectivity index (χ2n) is 7.02. The molecule has 0 spiro atoms. The van der Waals surface area contributed by atoms with Crippen LogP contribution in [0.4, 0.5) is 8.78 Å². The number of nitrogens with one attached hydrogen (secondary N) is 1. The lowest BCUT2D eigenvalue weighted by molar-refractivity contribution is -0.123. The number of ether oxygens (including phenoxy) is 2. The van der Waals surface area contributed by atoms with E-state index in [4.69, 9.17) is 14.0 Å². The SMILES string of the molecule is COc1ccc(-c2noc(-c3ccc(OCC(=O)NCc4cc(F)cc(F)c4)cc3)n2)cc1. The molecule has 0 radical (unpaired) electrons. The van der Waals surface area contributed by atoms with Crippen LogP contribution in [-0.2, 0) is 11.3 Å². The van der Waals surface area contributed by atoms with Gasteiger partial charge in [0.2, 0.25) is 5.82 Å². The molecular formula is C24H19F2N3O4. The van der Waals surface area contributed by atoms with Crippen molar-refractivity contribution in [2.24, 2.45) is 0 Å². The molecule has 1 heterocycles. The number of carbonyl (C=O) groups is 1. The van der Waals surface area contributed by atoms with E-state index in [0.29, 0.717) is 28.6 Å². The largest absolute Gasteiger partial charge is 0.497 e. The minimum Gasteiger partial charge on any atom is -0.497 e. The number of carbonyl (C=O) groups excluding carboxylic acids is 1. The van der Waals surface area contributed by atoms with Gasteiger partial charge in [-0.05, 0) is 66.2 Å². The molecule has 0 atom stereocenters. The van der Waals surface area contributed by atoms with Gasteiger partial charge < -0.3 is 19.3 Å². The molecule has 1 amide bonds. The maximum absolute atomic E-state index is 13.2. The maximum Gasteiger partial charge on any atom is 0.258 e. The number of benzene rings is 3. The highest BCUT2D eigenvalue weighted by atomic mass is 19.1. The van der Waals surface area contributed by atoms with E-state index in [2.05, 4.69) is 15.5 Å². The van der Waals surface area contributed by atoms with Crippen LogP contribution in [-0.4, -0.2) is 29.8 Å². The molecular weight excluding hydrogens is 432 g/mol. The molecule has 0 bridgehead atoms. The second-order valence-corrected chi connectivity index (χ2v) is 7.02. The summed E-state index contributed by atoms with van der Waals surface area (Å²) in [6, 6.07) is 17.2. The van der Waals surface area contributed by atoms with Crippen LogP contribution in [0.1, 0.15) is 5.56 Å². The lowest BCUT2D eigenvalue weighted by Gasteiger charge is -2.08. The highest BCUT2D eigenvalue weighted by Gasteiger charge is 2.11. The van der Waals surface area contributed by atoms with E-state index in [0.717, 1.165) is 29.5 Å². The first kappa shape index (κ1) is 21.9. The van der Waals surface area contributed by atoms with Crippen LogP contribution in [0.15, 0.2) is 71.3 Å². The highest BCUT2D eigenvalue weighted by Crippen LogP contribution is 2.25. The molecule has 3 aromatic carbocycles. The van der Waals surface area contributed by atoms with Gasteiger partial charge in [-0.25, -0.2) is 8.78 Å². The summed E-state index contributed by atoms with van der Waals surface area (Å²) in [6.07, 6.45) is 0. The molecule has 1 aromatic heterocycles. The minimum absolute atomic E-state index is 0.0104. The fourth-order valence-electron chi connectivity index (χ4n) is 3.01. The highest BCUT2D eigenvalue weighted by molar-refractivity contribution is 5.77. The van der Waals surface area contributed by atoms with Crippen molar-refractivity contribution in [2.75, 3.05) is 13.7 Å². The molecule has 0 fully saturated rings. The van der Waals surface area contributed by atoms with Gasteiger partial charge in [-0.3, -0.25) is 4.79 Å². The zero-order valence-corrected chi connectivity index (χ0v) is 17.5. The summed E-state index contributed by atoms with van der Waals surface area (Å²) in [7, 11) is 1.59. The number of rotatable bonds is 8. The predicted molar refractivity (Wildman–Crippen MR) is 115 cm³/mol. The number of methoxy groups -OCH3 is 1. The zero-order chi connectivity index (χ0) is 23.2. The molecule has 168 valence electrons. The quantitative estimate of drug-likeness (QED) is 0.428. The molecule has 0 aliphatic carbocycles. The molecule has 4 aromatic rings. The predicted octanol–water partition coefficient (Wildman–Crippen LogP) is 4.39. The first-order valence-corrected chi connectivity index (χ1v) is 9.93. The van der Waals surface area contributed by atoms with Crippen molar-refractivity contribution in [3.63, 3.8) is 0 Å². The third kappa shape index (κ3) is 5.70. The first-order valence-electron chi connectivity index (χ1n) is 9.93. The summed E-state index contributed by atoms with van der Waals surface area (Å²) in [5, 5.41) is 6.55. The second kappa shape index (κ2) is 9.90. The van der Waals surface area contributed by atoms with Crippen LogP contribution < -0.4 is 14.8 Å². The van der Waals surface area contributed by atoms with Crippen molar-refractivity contribution in [3.05, 3.63) is 83.9 Å². The standard InChI is InChI=1S/C24H19F2N3O4/c1-31-20-6-2-16(3-7-20)23-28-24(33-29-23)17-4-8-21(9-5-17)32-14-22(30)27-13-15-10-18(25)12-19(26)11-15/h2-12H,13-14H2,1H3,(H,27,30). The Balaban J connectivity index is 1.31. The van der Waals surface area contributed by atoms with Gasteiger partial charge >= 0.3 is 0 Å². The Hall–Kier alpha value is -4.27. The zero-order valence-electron chi connectivity index (χ0n) is 17.5. The Labute approximate surface area is 188 Å². The number of amides is 1. The molecule has 0 aliphatic heterocycles. The Morgan fingerprint density at radius 1 is 0.939 bits per heavy atom. The number of aromatic nitrogens is 2. The molecule has 0 saturated heterocycles. The lowest BCUT2D eigenvalue weighted by Crippen LogP contribution is -2.28. The normalized spacial score (nSPS) is 10.6. The van der Waals surface area contributed by atoms with Crippen molar-refractivity contribution in [1.29, 1.82) is 0 Å². The number of halogens is 2. The van der Waals surface area contributed by atoms with Crippen molar-refractivity contribution in [3.8, 4) is 34.3 Å². The van der Waals surface area contributed by atoms with Gasteiger partial charge in [0.25, 0.3) is 11.8 Å². The number of hydrogen-bond donors (Lipinski definition) is 1. The average molecular weight is 451 g/mol. The Morgan fingerprint density at radius 3 is 2.24 bits per heavy atom. The van der Waals surface area contributed by atoms with E-state index in [1.54, 1.807) is 31.4 Å². The number of hydrogen-bond acceptors (Lipinski definition) is 6. The molecule has 9 heteroatoms. The van der Waals surface area contributed by atoms with E-state index >= 15 is 0 Å². The third-order valence-corrected chi connectivity index (χ3v) is 4.66. The summed E-state index contributed by atoms with van der Waals surface area (Å²) in [4.78, 5) is 16.4. The van der Waals surface area contributed by atoms with Crippen LogP contribution >= 0.6 is 0 Å². The minimum atomic E-state index is -0.701. The van der Waals surface area contributed by atoms with Crippen LogP contribution in [0, 0.1) is 11.6 Å². The van der Waals surface area contributed by atoms with Gasteiger partial charge in [-0.1, -0.05) is 5.16 Å². The molecule has 33 heavy (non-hydrogen) atoms. The molecule has 1 N–H and O–H groups in total. The first-order chi connectivity index (χ1) is 16.0. The van der Waals surface area contributed by atoms with Crippen LogP contribution in [0.25, 0.3) is 22.8 Å². The lowest BCUT2D eigenvalue weighted by atomic mass is 10.2. The Morgan fingerprint density at radius 2 is 1.58 bits per heavy atom. The summed E-state index contributed by atoms with van der Waals surface area (Å²) < 4.78 is 42.3. The van der Waals surface area contributed by atoms with Gasteiger partial charge in [-0.2, -0.15) is 4.98 Å². The topological polar surface area (TPSA) is 86.5 Å². The molecule has 7 nitrogen and oxygen atoms in total. The Kier molecular flexibility index (Phi) is 6.58. The van der Waals surface area contributed by atoms with Gasteiger partial charge in [0.1, 0.15) is 23.1 Å². The third-order valence-electron chi connectivity index (χ3n) is 4.66. The van der Waals surface area contributed by atoms with Gasteiger partial charge in [-0.15, -0.1) is 0 Å². The van der Waals surface area contributed by atoms with Gasteiger partial charge in [0, 0.05) is 23.7 Å². The van der Waals surface area contributed by atoms with E-state index in [-0.39, 0.29) is 13.2 Å². The molecule has 0 unspecified atom stereocenters. The van der Waals surface area contributed by atoms with Crippen LogP contribution in [0.3, 0.4) is 0 Å². The Bertz CT molecular complexity index is 1220. The van der Waals surface area contributed by atoms with E-state index in [9.17, 15) is 13.6 Å². The fraction of sp³-hybridized carbons (Fsp3) is 0.125. The summed E-state index contributed by atoms with van der Waals surface area (Å²) >= 11 is 0. The summed E-state index contributed by atoms with van der Waals surface area (Å²) in [5.41, 5.74) is 1.80. The van der Waals surface area contributed by atoms with E-state index in [1.807, 2.05) is 24.3 Å². The summed E-state index contributed by atoms with van der Waals surface area (Å²) in [6.45, 7) is -0.261. The fourth-order valence-corrected chi connectivity index (χ4v) is 3.01. The van der Waals surface area contributed by atoms with E-state index < -0.39 is 17.5 Å². The van der Waals surface area contributed by atoms with Crippen molar-refractivity contribution in [1.82, 2.24) is 15.5 Å². The van der Waals surface area contributed by atoms with Crippen molar-refractivity contribution in [2.45, 2.75) is 6.54 Å². The van der Waals surface area contributed by atoms with Gasteiger partial charge in [0.15, 0.2) is 6.61 Å². The van der Waals surface area contributed by atoms with Gasteiger partial charge in [0.05, 0.1) is 7.11 Å².